The van der Waals surface area contributed by atoms with Gasteiger partial charge in [-0.2, -0.15) is 11.1 Å². The van der Waals surface area contributed by atoms with Gasteiger partial charge in [0.1, 0.15) is 7.38 Å². The van der Waals surface area contributed by atoms with Gasteiger partial charge in [-0.3, -0.25) is 0 Å². The monoisotopic (exact) mass is 149 g/mol. The van der Waals surface area contributed by atoms with Gasteiger partial charge < -0.3 is 0 Å². The predicted molar refractivity (Wildman–Crippen MR) is 38.7 cm³/mol. The number of hydrogen-bond acceptors (Lipinski definition) is 0. The maximum absolute atomic E-state index is 5.94. The standard InChI is InChI=1S/C4H10ClSi2/c1-7(2,5)4-3-6/h3-4H2,1-2H3. The summed E-state index contributed by atoms with van der Waals surface area (Å²) in [5.41, 5.74) is 0. The molecule has 0 aromatic heterocycles. The zero-order valence-corrected chi connectivity index (χ0v) is 7.55. The van der Waals surface area contributed by atoms with Gasteiger partial charge in [0, 0.05) is 10.2 Å². The third-order valence-corrected chi connectivity index (χ3v) is 3.48. The fourth-order valence-corrected chi connectivity index (χ4v) is 3.53. The number of rotatable bonds is 2. The summed E-state index contributed by atoms with van der Waals surface area (Å²) < 4.78 is 0. The lowest BCUT2D eigenvalue weighted by Crippen LogP contribution is -2.14. The Kier molecular flexibility index (Phi) is 3.19. The molecule has 0 aromatic rings. The Morgan fingerprint density at radius 2 is 2.00 bits per heavy atom. The van der Waals surface area contributed by atoms with E-state index in [1.807, 2.05) is 0 Å². The molecule has 41 valence electrons. The van der Waals surface area contributed by atoms with E-state index in [0.29, 0.717) is 0 Å². The smallest absolute Gasteiger partial charge is 0.150 e. The van der Waals surface area contributed by atoms with Gasteiger partial charge in [0.2, 0.25) is 0 Å². The SMILES string of the molecule is C[Si](C)(Cl)CC[Si]. The van der Waals surface area contributed by atoms with Crippen LogP contribution in [-0.2, 0) is 0 Å². The predicted octanol–water partition coefficient (Wildman–Crippen LogP) is 2.02. The van der Waals surface area contributed by atoms with Gasteiger partial charge in [0.05, 0.1) is 0 Å². The first-order chi connectivity index (χ1) is 3.06. The van der Waals surface area contributed by atoms with Crippen molar-refractivity contribution >= 4 is 28.7 Å². The summed E-state index contributed by atoms with van der Waals surface area (Å²) in [6.45, 7) is 4.30. The van der Waals surface area contributed by atoms with Crippen LogP contribution in [0.25, 0.3) is 0 Å². The Balaban J connectivity index is 3.15. The Morgan fingerprint density at radius 1 is 1.57 bits per heavy atom. The molecular weight excluding hydrogens is 140 g/mol. The molecule has 0 aliphatic carbocycles. The molecule has 7 heavy (non-hydrogen) atoms. The van der Waals surface area contributed by atoms with Crippen LogP contribution in [0.15, 0.2) is 0 Å². The van der Waals surface area contributed by atoms with E-state index in [1.165, 1.54) is 0 Å². The average molecular weight is 150 g/mol. The molecule has 0 saturated heterocycles. The Bertz CT molecular complexity index is 48.1. The normalized spacial score (nSPS) is 12.0. The molecule has 0 atom stereocenters. The average Bonchev–Trinajstić information content (AvgIpc) is 1.30. The molecule has 0 spiro atoms. The maximum Gasteiger partial charge on any atom is 0.150 e. The summed E-state index contributed by atoms with van der Waals surface area (Å²) in [5.74, 6) is 0. The van der Waals surface area contributed by atoms with Crippen molar-refractivity contribution in [3.8, 4) is 0 Å². The van der Waals surface area contributed by atoms with Gasteiger partial charge >= 0.3 is 0 Å². The van der Waals surface area contributed by atoms with Crippen LogP contribution in [-0.4, -0.2) is 17.6 Å². The van der Waals surface area contributed by atoms with Gasteiger partial charge in [0.15, 0.2) is 0 Å². The molecule has 0 fully saturated rings. The maximum atomic E-state index is 5.94. The van der Waals surface area contributed by atoms with E-state index < -0.39 is 7.38 Å². The molecule has 0 rings (SSSR count). The molecule has 0 aliphatic heterocycles. The van der Waals surface area contributed by atoms with Crippen LogP contribution in [0.2, 0.25) is 25.2 Å². The molecule has 0 bridgehead atoms. The zero-order chi connectivity index (χ0) is 5.91. The highest BCUT2D eigenvalue weighted by Crippen LogP contribution is 2.14. The van der Waals surface area contributed by atoms with Crippen molar-refractivity contribution in [2.24, 2.45) is 0 Å². The lowest BCUT2D eigenvalue weighted by molar-refractivity contribution is 1.39. The second-order valence-corrected chi connectivity index (χ2v) is 9.73. The van der Waals surface area contributed by atoms with E-state index in [9.17, 15) is 0 Å². The van der Waals surface area contributed by atoms with Crippen LogP contribution in [0.4, 0.5) is 0 Å². The molecule has 0 amide bonds. The van der Waals surface area contributed by atoms with E-state index in [-0.39, 0.29) is 0 Å². The van der Waals surface area contributed by atoms with Crippen molar-refractivity contribution in [1.82, 2.24) is 0 Å². The van der Waals surface area contributed by atoms with Gasteiger partial charge in [-0.1, -0.05) is 19.1 Å². The highest BCUT2D eigenvalue weighted by Gasteiger charge is 2.13. The van der Waals surface area contributed by atoms with Crippen molar-refractivity contribution in [1.29, 1.82) is 0 Å². The Morgan fingerprint density at radius 3 is 2.00 bits per heavy atom. The van der Waals surface area contributed by atoms with Crippen LogP contribution in [0, 0.1) is 0 Å². The van der Waals surface area contributed by atoms with E-state index >= 15 is 0 Å². The van der Waals surface area contributed by atoms with Crippen molar-refractivity contribution in [2.75, 3.05) is 0 Å². The second-order valence-electron chi connectivity index (χ2n) is 2.22. The Hall–Kier alpha value is 0.724. The van der Waals surface area contributed by atoms with Gasteiger partial charge in [0.25, 0.3) is 0 Å². The molecule has 3 heteroatoms. The van der Waals surface area contributed by atoms with Gasteiger partial charge in [-0.25, -0.2) is 0 Å². The molecule has 0 saturated carbocycles. The lowest BCUT2D eigenvalue weighted by Gasteiger charge is -2.08. The van der Waals surface area contributed by atoms with Crippen LogP contribution in [0.3, 0.4) is 0 Å². The minimum Gasteiger partial charge on any atom is -0.168 e. The van der Waals surface area contributed by atoms with Crippen molar-refractivity contribution in [2.45, 2.75) is 25.2 Å². The van der Waals surface area contributed by atoms with E-state index in [2.05, 4.69) is 23.3 Å². The van der Waals surface area contributed by atoms with Crippen molar-refractivity contribution in [3.05, 3.63) is 0 Å². The van der Waals surface area contributed by atoms with Crippen molar-refractivity contribution in [3.63, 3.8) is 0 Å². The summed E-state index contributed by atoms with van der Waals surface area (Å²) in [7, 11) is 2.14. The highest BCUT2D eigenvalue weighted by molar-refractivity contribution is 7.19. The molecule has 0 nitrogen and oxygen atoms in total. The second kappa shape index (κ2) is 2.89. The molecule has 0 N–H and O–H groups in total. The van der Waals surface area contributed by atoms with Crippen LogP contribution in [0.1, 0.15) is 0 Å². The lowest BCUT2D eigenvalue weighted by atomic mass is 10.9. The highest BCUT2D eigenvalue weighted by atomic mass is 35.6. The van der Waals surface area contributed by atoms with Crippen LogP contribution < -0.4 is 0 Å². The molecule has 0 unspecified atom stereocenters. The van der Waals surface area contributed by atoms with Crippen LogP contribution >= 0.6 is 11.1 Å². The van der Waals surface area contributed by atoms with E-state index in [4.69, 9.17) is 11.1 Å². The number of hydrogen-bond donors (Lipinski definition) is 0. The van der Waals surface area contributed by atoms with Gasteiger partial charge in [-0.15, -0.1) is 0 Å². The quantitative estimate of drug-likeness (QED) is 0.417. The molecule has 3 radical (unpaired) electrons. The first-order valence-electron chi connectivity index (χ1n) is 2.40. The van der Waals surface area contributed by atoms with E-state index in [0.717, 1.165) is 12.1 Å². The van der Waals surface area contributed by atoms with Crippen molar-refractivity contribution < 1.29 is 0 Å². The molecule has 0 heterocycles. The van der Waals surface area contributed by atoms with Crippen LogP contribution in [0.5, 0.6) is 0 Å². The van der Waals surface area contributed by atoms with Gasteiger partial charge in [-0.05, 0) is 6.04 Å². The Labute approximate surface area is 54.4 Å². The fourth-order valence-electron chi connectivity index (χ4n) is 0.297. The summed E-state index contributed by atoms with van der Waals surface area (Å²) >= 11 is 5.94. The molecular formula is C4H10ClSi2. The first-order valence-corrected chi connectivity index (χ1v) is 7.32. The minimum atomic E-state index is -1.23. The molecule has 0 aromatic carbocycles. The zero-order valence-electron chi connectivity index (χ0n) is 4.79. The topological polar surface area (TPSA) is 0 Å². The first kappa shape index (κ1) is 7.72. The largest absolute Gasteiger partial charge is 0.168 e. The van der Waals surface area contributed by atoms with E-state index in [1.54, 1.807) is 0 Å². The number of halogens is 1. The third kappa shape index (κ3) is 6.72. The third-order valence-electron chi connectivity index (χ3n) is 0.719. The minimum absolute atomic E-state index is 1.04. The summed E-state index contributed by atoms with van der Waals surface area (Å²) in [6.07, 6.45) is 0. The summed E-state index contributed by atoms with van der Waals surface area (Å²) in [4.78, 5) is 0. The summed E-state index contributed by atoms with van der Waals surface area (Å²) in [5, 5.41) is 0. The molecule has 0 aliphatic rings. The fraction of sp³-hybridized carbons (Fsp3) is 1.00. The summed E-state index contributed by atoms with van der Waals surface area (Å²) in [6, 6.07) is 2.20.